The molecule has 200 valence electrons. The maximum absolute atomic E-state index is 13.5. The summed E-state index contributed by atoms with van der Waals surface area (Å²) in [7, 11) is 0. The molecule has 1 amide bonds. The highest BCUT2D eigenvalue weighted by molar-refractivity contribution is 5.86. The summed E-state index contributed by atoms with van der Waals surface area (Å²) in [4.78, 5) is 15.2. The van der Waals surface area contributed by atoms with Gasteiger partial charge in [0, 0.05) is 18.0 Å². The van der Waals surface area contributed by atoms with Gasteiger partial charge in [0.15, 0.2) is 11.5 Å². The number of aliphatic hydroxyl groups excluding tert-OH is 1. The van der Waals surface area contributed by atoms with Gasteiger partial charge in [-0.05, 0) is 49.6 Å². The van der Waals surface area contributed by atoms with Crippen LogP contribution in [0.1, 0.15) is 46.8 Å². The summed E-state index contributed by atoms with van der Waals surface area (Å²) in [5, 5.41) is 20.8. The summed E-state index contributed by atoms with van der Waals surface area (Å²) in [5.74, 6) is 1.13. The Hall–Kier alpha value is -3.59. The van der Waals surface area contributed by atoms with Crippen LogP contribution in [0.15, 0.2) is 60.7 Å². The van der Waals surface area contributed by atoms with Gasteiger partial charge in [-0.3, -0.25) is 4.79 Å². The van der Waals surface area contributed by atoms with Gasteiger partial charge in [0.2, 0.25) is 5.91 Å². The number of phenolic OH excluding ortho intramolecular Hbond substituents is 1. The zero-order valence-electron chi connectivity index (χ0n) is 22.0. The molecule has 0 spiro atoms. The number of rotatable bonds is 9. The summed E-state index contributed by atoms with van der Waals surface area (Å²) in [6.45, 7) is 6.72. The Balaban J connectivity index is 1.52. The molecule has 0 bridgehead atoms. The highest BCUT2D eigenvalue weighted by atomic mass is 16.5. The molecule has 4 unspecified atom stereocenters. The van der Waals surface area contributed by atoms with Gasteiger partial charge < -0.3 is 24.6 Å². The highest BCUT2D eigenvalue weighted by Crippen LogP contribution is 2.50. The van der Waals surface area contributed by atoms with Gasteiger partial charge in [0.05, 0.1) is 25.3 Å². The molecule has 0 radical (unpaired) electrons. The van der Waals surface area contributed by atoms with Crippen molar-refractivity contribution in [1.82, 2.24) is 15.8 Å². The first-order valence-corrected chi connectivity index (χ1v) is 13.1. The number of hydrogen-bond donors (Lipinski definition) is 4. The van der Waals surface area contributed by atoms with E-state index in [1.165, 1.54) is 0 Å². The lowest BCUT2D eigenvalue weighted by Crippen LogP contribution is -2.42. The molecule has 3 aromatic rings. The molecule has 4 N–H and O–H groups in total. The quantitative estimate of drug-likeness (QED) is 0.343. The zero-order chi connectivity index (χ0) is 26.8. The number of aryl methyl sites for hydroxylation is 2. The standard InChI is InChI=1S/C30H35N3O5/c1-4-37-24-16-21(10-11-23(24)38-17-20-8-6-5-7-9-20)28-25-26(22-15-18(2)14-19(3)29(22)35)31-32-27(25)30(36)33(28)12-13-34/h5-11,14-16,25-28,31-32,34-35H,4,12-13,17H2,1-3H3. The van der Waals surface area contributed by atoms with Crippen LogP contribution in [0.3, 0.4) is 0 Å². The number of nitrogens with zero attached hydrogens (tertiary/aromatic N) is 1. The maximum Gasteiger partial charge on any atom is 0.242 e. The number of benzene rings is 3. The van der Waals surface area contributed by atoms with Crippen molar-refractivity contribution in [2.45, 2.75) is 45.5 Å². The Morgan fingerprint density at radius 1 is 0.947 bits per heavy atom. The number of nitrogens with one attached hydrogen (secondary N) is 2. The fourth-order valence-electron chi connectivity index (χ4n) is 5.78. The summed E-state index contributed by atoms with van der Waals surface area (Å²) in [6, 6.07) is 18.5. The van der Waals surface area contributed by atoms with E-state index in [4.69, 9.17) is 9.47 Å². The molecule has 0 aromatic heterocycles. The number of hydrogen-bond acceptors (Lipinski definition) is 7. The Kier molecular flexibility index (Phi) is 7.56. The molecule has 2 aliphatic heterocycles. The van der Waals surface area contributed by atoms with E-state index in [0.717, 1.165) is 27.8 Å². The molecule has 5 rings (SSSR count). The van der Waals surface area contributed by atoms with Crippen molar-refractivity contribution in [3.63, 3.8) is 0 Å². The minimum Gasteiger partial charge on any atom is -0.507 e. The van der Waals surface area contributed by atoms with Gasteiger partial charge in [-0.2, -0.15) is 0 Å². The maximum atomic E-state index is 13.5. The van der Waals surface area contributed by atoms with E-state index in [2.05, 4.69) is 10.9 Å². The van der Waals surface area contributed by atoms with Gasteiger partial charge >= 0.3 is 0 Å². The molecule has 0 aliphatic carbocycles. The van der Waals surface area contributed by atoms with Crippen LogP contribution in [0.2, 0.25) is 0 Å². The second kappa shape index (κ2) is 11.0. The van der Waals surface area contributed by atoms with Crippen LogP contribution in [0.5, 0.6) is 17.2 Å². The van der Waals surface area contributed by atoms with E-state index in [0.29, 0.717) is 24.7 Å². The number of likely N-dealkylation sites (tertiary alicyclic amines) is 1. The minimum absolute atomic E-state index is 0.0877. The zero-order valence-corrected chi connectivity index (χ0v) is 22.0. The molecule has 8 heteroatoms. The number of carbonyl (C=O) groups is 1. The van der Waals surface area contributed by atoms with E-state index < -0.39 is 6.04 Å². The third-order valence-electron chi connectivity index (χ3n) is 7.41. The largest absolute Gasteiger partial charge is 0.507 e. The first-order valence-electron chi connectivity index (χ1n) is 13.1. The number of aromatic hydroxyl groups is 1. The summed E-state index contributed by atoms with van der Waals surface area (Å²) >= 11 is 0. The Morgan fingerprint density at radius 2 is 1.71 bits per heavy atom. The van der Waals surface area contributed by atoms with Crippen molar-refractivity contribution < 1.29 is 24.5 Å². The topological polar surface area (TPSA) is 103 Å². The van der Waals surface area contributed by atoms with E-state index >= 15 is 0 Å². The van der Waals surface area contributed by atoms with E-state index in [9.17, 15) is 15.0 Å². The molecular weight excluding hydrogens is 482 g/mol. The van der Waals surface area contributed by atoms with E-state index in [-0.39, 0.29) is 42.8 Å². The van der Waals surface area contributed by atoms with Gasteiger partial charge in [-0.25, -0.2) is 10.9 Å². The lowest BCUT2D eigenvalue weighted by molar-refractivity contribution is -0.131. The van der Waals surface area contributed by atoms with Crippen LogP contribution in [0.4, 0.5) is 0 Å². The van der Waals surface area contributed by atoms with Gasteiger partial charge in [0.25, 0.3) is 0 Å². The molecule has 2 heterocycles. The number of phenols is 1. The molecule has 0 saturated carbocycles. The molecule has 38 heavy (non-hydrogen) atoms. The van der Waals surface area contributed by atoms with Crippen molar-refractivity contribution >= 4 is 5.91 Å². The number of fused-ring (bicyclic) bond motifs is 1. The SMILES string of the molecule is CCOc1cc(C2C3C(NNC3c3cc(C)cc(C)c3O)C(=O)N2CCO)ccc1OCc1ccccc1. The van der Waals surface area contributed by atoms with Crippen molar-refractivity contribution in [2.24, 2.45) is 5.92 Å². The summed E-state index contributed by atoms with van der Waals surface area (Å²) in [6.07, 6.45) is 0. The average molecular weight is 518 g/mol. The van der Waals surface area contributed by atoms with Crippen molar-refractivity contribution in [2.75, 3.05) is 19.8 Å². The fraction of sp³-hybridized carbons (Fsp3) is 0.367. The Labute approximate surface area is 223 Å². The normalized spacial score (nSPS) is 22.5. The lowest BCUT2D eigenvalue weighted by atomic mass is 9.82. The lowest BCUT2D eigenvalue weighted by Gasteiger charge is -2.31. The first-order chi connectivity index (χ1) is 18.4. The number of amides is 1. The molecule has 4 atom stereocenters. The monoisotopic (exact) mass is 517 g/mol. The average Bonchev–Trinajstić information content (AvgIpc) is 3.45. The van der Waals surface area contributed by atoms with Crippen molar-refractivity contribution in [1.29, 1.82) is 0 Å². The van der Waals surface area contributed by atoms with Gasteiger partial charge in [-0.1, -0.05) is 54.1 Å². The van der Waals surface area contributed by atoms with Crippen LogP contribution >= 0.6 is 0 Å². The van der Waals surface area contributed by atoms with Gasteiger partial charge in [-0.15, -0.1) is 0 Å². The number of β-amino-alcohol motifs (C(OH)–C–C–N with tert-alkyl or cyclic N) is 1. The Morgan fingerprint density at radius 3 is 2.45 bits per heavy atom. The second-order valence-electron chi connectivity index (χ2n) is 9.95. The molecule has 3 aromatic carbocycles. The predicted octanol–water partition coefficient (Wildman–Crippen LogP) is 3.70. The van der Waals surface area contributed by atoms with Crippen molar-refractivity contribution in [3.05, 3.63) is 88.5 Å². The third kappa shape index (κ3) is 4.82. The fourth-order valence-corrected chi connectivity index (χ4v) is 5.78. The van der Waals surface area contributed by atoms with Crippen molar-refractivity contribution in [3.8, 4) is 17.2 Å². The van der Waals surface area contributed by atoms with E-state index in [1.807, 2.05) is 81.4 Å². The highest BCUT2D eigenvalue weighted by Gasteiger charge is 2.55. The number of hydrazine groups is 1. The van der Waals surface area contributed by atoms with Gasteiger partial charge in [0.1, 0.15) is 18.4 Å². The number of aliphatic hydroxyl groups is 1. The van der Waals surface area contributed by atoms with Crippen LogP contribution in [0, 0.1) is 19.8 Å². The predicted molar refractivity (Wildman–Crippen MR) is 144 cm³/mol. The third-order valence-corrected chi connectivity index (χ3v) is 7.41. The van der Waals surface area contributed by atoms with E-state index in [1.54, 1.807) is 4.90 Å². The summed E-state index contributed by atoms with van der Waals surface area (Å²) in [5.41, 5.74) is 11.0. The number of carbonyl (C=O) groups excluding carboxylic acids is 1. The molecule has 2 aliphatic rings. The molecule has 2 fully saturated rings. The molecule has 2 saturated heterocycles. The van der Waals surface area contributed by atoms with Crippen LogP contribution < -0.4 is 20.3 Å². The smallest absolute Gasteiger partial charge is 0.242 e. The summed E-state index contributed by atoms with van der Waals surface area (Å²) < 4.78 is 12.1. The second-order valence-corrected chi connectivity index (χ2v) is 9.95. The molecular formula is C30H35N3O5. The minimum atomic E-state index is -0.499. The van der Waals surface area contributed by atoms with Crippen LogP contribution in [-0.4, -0.2) is 46.8 Å². The van der Waals surface area contributed by atoms with Crippen LogP contribution in [-0.2, 0) is 11.4 Å². The number of ether oxygens (including phenoxy) is 2. The Bertz CT molecular complexity index is 1300. The van der Waals surface area contributed by atoms with Crippen LogP contribution in [0.25, 0.3) is 0 Å². The first kappa shape index (κ1) is 26.0. The molecule has 8 nitrogen and oxygen atoms in total.